The van der Waals surface area contributed by atoms with Gasteiger partial charge in [0.2, 0.25) is 5.91 Å². The van der Waals surface area contributed by atoms with Crippen molar-refractivity contribution in [1.82, 2.24) is 19.8 Å². The number of quaternary nitrogens is 1. The van der Waals surface area contributed by atoms with Crippen molar-refractivity contribution in [3.63, 3.8) is 0 Å². The Hall–Kier alpha value is -1.93. The van der Waals surface area contributed by atoms with Gasteiger partial charge < -0.3 is 19.9 Å². The Kier molecular flexibility index (Phi) is 8.07. The maximum absolute atomic E-state index is 12.6. The van der Waals surface area contributed by atoms with Gasteiger partial charge in [-0.1, -0.05) is 19.3 Å². The van der Waals surface area contributed by atoms with Crippen LogP contribution in [0, 0.1) is 0 Å². The first-order valence-corrected chi connectivity index (χ1v) is 13.1. The highest BCUT2D eigenvalue weighted by Gasteiger charge is 2.39. The number of aromatic nitrogens is 2. The molecule has 3 fully saturated rings. The minimum Gasteiger partial charge on any atom is -0.435 e. The number of nitrogens with zero attached hydrogens (tertiary/aromatic N) is 4. The van der Waals surface area contributed by atoms with Crippen LogP contribution in [-0.4, -0.2) is 80.8 Å². The molecule has 2 saturated heterocycles. The number of carbonyl (C=O) groups is 2. The molecule has 8 heteroatoms. The number of carboxylic acid groups (broad SMARTS) is 1. The van der Waals surface area contributed by atoms with Crippen LogP contribution < -0.4 is 5.32 Å². The van der Waals surface area contributed by atoms with E-state index < -0.39 is 6.09 Å². The third-order valence-electron chi connectivity index (χ3n) is 8.47. The molecule has 1 aromatic rings. The average Bonchev–Trinajstić information content (AvgIpc) is 3.16. The van der Waals surface area contributed by atoms with Gasteiger partial charge >= 0.3 is 6.09 Å². The molecule has 8 nitrogen and oxygen atoms in total. The molecular weight excluding hydrogens is 418 g/mol. The lowest BCUT2D eigenvalue weighted by molar-refractivity contribution is -0.855. The Morgan fingerprint density at radius 2 is 1.82 bits per heavy atom. The summed E-state index contributed by atoms with van der Waals surface area (Å²) in [5.41, 5.74) is 0. The number of imidazole rings is 1. The zero-order chi connectivity index (χ0) is 23.3. The lowest BCUT2D eigenvalue weighted by Crippen LogP contribution is -2.53. The molecule has 3 heterocycles. The van der Waals surface area contributed by atoms with Gasteiger partial charge in [0.05, 0.1) is 19.6 Å². The van der Waals surface area contributed by atoms with E-state index in [1.807, 2.05) is 23.9 Å². The fourth-order valence-corrected chi connectivity index (χ4v) is 6.30. The molecule has 1 aliphatic carbocycles. The van der Waals surface area contributed by atoms with Crippen LogP contribution in [0.5, 0.6) is 0 Å². The molecule has 184 valence electrons. The largest absolute Gasteiger partial charge is 0.513 e. The average molecular weight is 461 g/mol. The SMILES string of the molecule is CC[N+]1(C(=O)O)CCCC(N2CCC(c3nccn3CC(=O)NC3CCCCC3)CC2)CC1. The van der Waals surface area contributed by atoms with E-state index in [1.165, 1.54) is 19.3 Å². The Morgan fingerprint density at radius 3 is 2.52 bits per heavy atom. The van der Waals surface area contributed by atoms with E-state index in [0.717, 1.165) is 76.9 Å². The molecule has 2 unspecified atom stereocenters. The van der Waals surface area contributed by atoms with Gasteiger partial charge in [-0.3, -0.25) is 4.79 Å². The number of nitrogens with one attached hydrogen (secondary N) is 1. The van der Waals surface area contributed by atoms with Crippen molar-refractivity contribution in [2.24, 2.45) is 0 Å². The second kappa shape index (κ2) is 11.0. The summed E-state index contributed by atoms with van der Waals surface area (Å²) in [6.45, 7) is 6.56. The Labute approximate surface area is 197 Å². The first-order chi connectivity index (χ1) is 16.0. The Bertz CT molecular complexity index is 798. The van der Waals surface area contributed by atoms with Crippen LogP contribution in [0.4, 0.5) is 4.79 Å². The molecule has 2 atom stereocenters. The minimum absolute atomic E-state index is 0.105. The Balaban J connectivity index is 1.28. The van der Waals surface area contributed by atoms with E-state index in [0.29, 0.717) is 31.1 Å². The summed E-state index contributed by atoms with van der Waals surface area (Å²) >= 11 is 0. The van der Waals surface area contributed by atoms with Crippen LogP contribution in [0.3, 0.4) is 0 Å². The lowest BCUT2D eigenvalue weighted by atomic mass is 9.93. The number of hydrogen-bond acceptors (Lipinski definition) is 4. The number of amides is 2. The number of hydrogen-bond donors (Lipinski definition) is 2. The van der Waals surface area contributed by atoms with Crippen LogP contribution in [0.2, 0.25) is 0 Å². The number of piperidine rings is 1. The highest BCUT2D eigenvalue weighted by Crippen LogP contribution is 2.31. The van der Waals surface area contributed by atoms with Gasteiger partial charge in [0.15, 0.2) is 0 Å². The molecule has 1 saturated carbocycles. The van der Waals surface area contributed by atoms with Crippen molar-refractivity contribution >= 4 is 12.0 Å². The van der Waals surface area contributed by atoms with Gasteiger partial charge in [-0.25, -0.2) is 9.47 Å². The highest BCUT2D eigenvalue weighted by atomic mass is 16.4. The monoisotopic (exact) mass is 460 g/mol. The standard InChI is InChI=1S/C25H41N5O3/c1-2-30(25(32)33)17-6-9-22(12-18-30)28-14-10-20(11-15-28)24-26-13-16-29(24)19-23(31)27-21-7-4-3-5-8-21/h13,16,20-22H,2-12,14-15,17-19H2,1H3,(H-,27,31,32,33)/p+1. The normalized spacial score (nSPS) is 28.3. The van der Waals surface area contributed by atoms with Crippen molar-refractivity contribution in [3.8, 4) is 0 Å². The van der Waals surface area contributed by atoms with Gasteiger partial charge in [0.1, 0.15) is 12.4 Å². The van der Waals surface area contributed by atoms with Crippen LogP contribution in [0.25, 0.3) is 0 Å². The van der Waals surface area contributed by atoms with Gasteiger partial charge in [0.25, 0.3) is 0 Å². The third kappa shape index (κ3) is 5.77. The van der Waals surface area contributed by atoms with Crippen LogP contribution in [0.1, 0.15) is 82.9 Å². The molecule has 2 N–H and O–H groups in total. The molecule has 0 radical (unpaired) electrons. The quantitative estimate of drug-likeness (QED) is 0.634. The minimum atomic E-state index is -0.670. The van der Waals surface area contributed by atoms with Gasteiger partial charge in [-0.2, -0.15) is 4.79 Å². The van der Waals surface area contributed by atoms with Crippen molar-refractivity contribution in [1.29, 1.82) is 0 Å². The molecule has 0 spiro atoms. The van der Waals surface area contributed by atoms with Crippen LogP contribution >= 0.6 is 0 Å². The summed E-state index contributed by atoms with van der Waals surface area (Å²) in [6.07, 6.45) is 14.2. The van der Waals surface area contributed by atoms with E-state index in [9.17, 15) is 14.7 Å². The number of carbonyl (C=O) groups excluding carboxylic acids is 1. The highest BCUT2D eigenvalue weighted by molar-refractivity contribution is 5.76. The summed E-state index contributed by atoms with van der Waals surface area (Å²) in [7, 11) is 0. The van der Waals surface area contributed by atoms with E-state index in [1.54, 1.807) is 0 Å². The fourth-order valence-electron chi connectivity index (χ4n) is 6.30. The molecule has 33 heavy (non-hydrogen) atoms. The summed E-state index contributed by atoms with van der Waals surface area (Å²) in [6, 6.07) is 0.824. The van der Waals surface area contributed by atoms with Crippen LogP contribution in [0.15, 0.2) is 12.4 Å². The lowest BCUT2D eigenvalue weighted by Gasteiger charge is -2.37. The second-order valence-corrected chi connectivity index (χ2v) is 10.4. The summed E-state index contributed by atoms with van der Waals surface area (Å²) in [4.78, 5) is 31.7. The maximum Gasteiger partial charge on any atom is 0.513 e. The maximum atomic E-state index is 12.6. The molecule has 2 amide bonds. The predicted octanol–water partition coefficient (Wildman–Crippen LogP) is 3.58. The first kappa shape index (κ1) is 24.2. The first-order valence-electron chi connectivity index (χ1n) is 13.1. The molecule has 3 aliphatic rings. The predicted molar refractivity (Wildman–Crippen MR) is 127 cm³/mol. The fraction of sp³-hybridized carbons (Fsp3) is 0.800. The smallest absolute Gasteiger partial charge is 0.435 e. The Morgan fingerprint density at radius 1 is 1.06 bits per heavy atom. The molecular formula is C25H42N5O3+. The van der Waals surface area contributed by atoms with Crippen molar-refractivity contribution < 1.29 is 19.2 Å². The van der Waals surface area contributed by atoms with Crippen molar-refractivity contribution in [2.75, 3.05) is 32.7 Å². The van der Waals surface area contributed by atoms with E-state index in [-0.39, 0.29) is 10.4 Å². The summed E-state index contributed by atoms with van der Waals surface area (Å²) in [5, 5.41) is 13.0. The van der Waals surface area contributed by atoms with E-state index in [2.05, 4.69) is 15.2 Å². The third-order valence-corrected chi connectivity index (χ3v) is 8.47. The number of likely N-dealkylation sites (tertiary alicyclic amines) is 2. The van der Waals surface area contributed by atoms with Gasteiger partial charge in [-0.15, -0.1) is 0 Å². The summed E-state index contributed by atoms with van der Waals surface area (Å²) < 4.78 is 2.26. The van der Waals surface area contributed by atoms with Gasteiger partial charge in [0, 0.05) is 36.8 Å². The van der Waals surface area contributed by atoms with Crippen molar-refractivity contribution in [3.05, 3.63) is 18.2 Å². The molecule has 0 aromatic carbocycles. The van der Waals surface area contributed by atoms with Crippen molar-refractivity contribution in [2.45, 2.75) is 95.7 Å². The molecule has 4 rings (SSSR count). The second-order valence-electron chi connectivity index (χ2n) is 10.4. The van der Waals surface area contributed by atoms with Crippen LogP contribution in [-0.2, 0) is 11.3 Å². The zero-order valence-electron chi connectivity index (χ0n) is 20.3. The summed E-state index contributed by atoms with van der Waals surface area (Å²) in [5.74, 6) is 1.53. The molecule has 2 aliphatic heterocycles. The molecule has 1 aromatic heterocycles. The van der Waals surface area contributed by atoms with E-state index >= 15 is 0 Å². The van der Waals surface area contributed by atoms with Gasteiger partial charge in [-0.05, 0) is 58.5 Å². The number of rotatable bonds is 6. The van der Waals surface area contributed by atoms with E-state index in [4.69, 9.17) is 0 Å². The topological polar surface area (TPSA) is 87.5 Å². The molecule has 0 bridgehead atoms. The zero-order valence-corrected chi connectivity index (χ0v) is 20.3.